The third-order valence-corrected chi connectivity index (χ3v) is 6.03. The molecule has 0 amide bonds. The van der Waals surface area contributed by atoms with Gasteiger partial charge in [-0.1, -0.05) is 12.0 Å². The van der Waals surface area contributed by atoms with Crippen molar-refractivity contribution in [3.8, 4) is 23.8 Å². The Kier molecular flexibility index (Phi) is 9.33. The van der Waals surface area contributed by atoms with E-state index in [4.69, 9.17) is 25.4 Å². The van der Waals surface area contributed by atoms with Crippen LogP contribution in [0.4, 0.5) is 11.5 Å². The number of aromatic nitrogens is 2. The van der Waals surface area contributed by atoms with E-state index in [1.165, 1.54) is 0 Å². The largest absolute Gasteiger partial charge is 0.490 e. The second kappa shape index (κ2) is 13.1. The van der Waals surface area contributed by atoms with Gasteiger partial charge in [-0.25, -0.2) is 9.97 Å². The Hall–Kier alpha value is -3.38. The van der Waals surface area contributed by atoms with E-state index >= 15 is 0 Å². The predicted octanol–water partition coefficient (Wildman–Crippen LogP) is 4.39. The van der Waals surface area contributed by atoms with Crippen LogP contribution in [0.1, 0.15) is 30.4 Å². The standard InChI is InChI=1S/C28H34N4O4/c1-4-21-8-9-22-19-32(2)10-6-5-7-11-35-26-17-23-25(29-20-30-28(23)31-24(22)16-21)18-27(26)36-15-14-34-13-12-33-3/h1,8-9,16-18,20H,5-7,10-15,19H2,2-3H3,(H,29,30,31). The quantitative estimate of drug-likeness (QED) is 0.386. The normalized spacial score (nSPS) is 14.7. The highest BCUT2D eigenvalue weighted by atomic mass is 16.5. The van der Waals surface area contributed by atoms with Gasteiger partial charge in [0.2, 0.25) is 0 Å². The number of nitrogens with one attached hydrogen (secondary N) is 1. The molecule has 0 atom stereocenters. The molecule has 1 aromatic heterocycles. The lowest BCUT2D eigenvalue weighted by molar-refractivity contribution is 0.0539. The molecule has 0 saturated heterocycles. The first-order valence-electron chi connectivity index (χ1n) is 12.3. The molecule has 36 heavy (non-hydrogen) atoms. The first-order chi connectivity index (χ1) is 17.7. The van der Waals surface area contributed by atoms with E-state index in [0.29, 0.717) is 50.4 Å². The van der Waals surface area contributed by atoms with Crippen molar-refractivity contribution in [3.63, 3.8) is 0 Å². The van der Waals surface area contributed by atoms with Crippen LogP contribution in [0.25, 0.3) is 10.9 Å². The fourth-order valence-electron chi connectivity index (χ4n) is 4.10. The second-order valence-corrected chi connectivity index (χ2v) is 8.78. The van der Waals surface area contributed by atoms with Gasteiger partial charge in [-0.05, 0) is 56.6 Å². The zero-order chi connectivity index (χ0) is 25.2. The van der Waals surface area contributed by atoms with E-state index in [1.54, 1.807) is 13.4 Å². The lowest BCUT2D eigenvalue weighted by atomic mass is 10.1. The third kappa shape index (κ3) is 6.85. The Morgan fingerprint density at radius 1 is 1.08 bits per heavy atom. The highest BCUT2D eigenvalue weighted by Gasteiger charge is 2.15. The molecule has 0 saturated carbocycles. The molecule has 1 N–H and O–H groups in total. The van der Waals surface area contributed by atoms with Gasteiger partial charge < -0.3 is 29.2 Å². The highest BCUT2D eigenvalue weighted by molar-refractivity contribution is 5.93. The monoisotopic (exact) mass is 490 g/mol. The molecule has 2 bridgehead atoms. The van der Waals surface area contributed by atoms with Crippen molar-refractivity contribution in [2.24, 2.45) is 0 Å². The molecule has 1 aliphatic rings. The van der Waals surface area contributed by atoms with Crippen molar-refractivity contribution >= 4 is 22.4 Å². The number of fused-ring (bicyclic) bond motifs is 2. The number of benzene rings is 2. The minimum Gasteiger partial charge on any atom is -0.490 e. The van der Waals surface area contributed by atoms with Crippen molar-refractivity contribution in [1.82, 2.24) is 14.9 Å². The molecule has 1 aliphatic heterocycles. The molecule has 0 aliphatic carbocycles. The number of methoxy groups -OCH3 is 1. The Labute approximate surface area is 212 Å². The lowest BCUT2D eigenvalue weighted by Crippen LogP contribution is -2.20. The van der Waals surface area contributed by atoms with Gasteiger partial charge in [0.25, 0.3) is 0 Å². The van der Waals surface area contributed by atoms with Gasteiger partial charge in [0.15, 0.2) is 11.5 Å². The first kappa shape index (κ1) is 25.7. The van der Waals surface area contributed by atoms with Gasteiger partial charge in [-0.15, -0.1) is 6.42 Å². The topological polar surface area (TPSA) is 78.0 Å². The van der Waals surface area contributed by atoms with Crippen LogP contribution in [0.5, 0.6) is 11.5 Å². The van der Waals surface area contributed by atoms with Gasteiger partial charge in [0.1, 0.15) is 18.8 Å². The van der Waals surface area contributed by atoms with Crippen LogP contribution in [0.15, 0.2) is 36.7 Å². The molecule has 0 radical (unpaired) electrons. The molecule has 190 valence electrons. The van der Waals surface area contributed by atoms with Gasteiger partial charge in [0, 0.05) is 36.4 Å². The van der Waals surface area contributed by atoms with E-state index in [0.717, 1.165) is 60.1 Å². The van der Waals surface area contributed by atoms with Gasteiger partial charge in [0.05, 0.1) is 31.9 Å². The van der Waals surface area contributed by atoms with Crippen LogP contribution in [-0.4, -0.2) is 68.6 Å². The highest BCUT2D eigenvalue weighted by Crippen LogP contribution is 2.36. The van der Waals surface area contributed by atoms with Crippen LogP contribution in [-0.2, 0) is 16.0 Å². The molecule has 0 spiro atoms. The van der Waals surface area contributed by atoms with E-state index < -0.39 is 0 Å². The van der Waals surface area contributed by atoms with Crippen LogP contribution >= 0.6 is 0 Å². The molecule has 8 heteroatoms. The average Bonchev–Trinajstić information content (AvgIpc) is 2.89. The zero-order valence-corrected chi connectivity index (χ0v) is 21.1. The average molecular weight is 491 g/mol. The summed E-state index contributed by atoms with van der Waals surface area (Å²) in [6, 6.07) is 9.92. The van der Waals surface area contributed by atoms with Crippen molar-refractivity contribution in [1.29, 1.82) is 0 Å². The van der Waals surface area contributed by atoms with Crippen molar-refractivity contribution in [2.75, 3.05) is 59.1 Å². The smallest absolute Gasteiger partial charge is 0.163 e. The number of ether oxygens (including phenoxy) is 4. The van der Waals surface area contributed by atoms with Gasteiger partial charge >= 0.3 is 0 Å². The molecule has 8 nitrogen and oxygen atoms in total. The Morgan fingerprint density at radius 3 is 2.83 bits per heavy atom. The minimum absolute atomic E-state index is 0.399. The summed E-state index contributed by atoms with van der Waals surface area (Å²) in [6.07, 6.45) is 10.4. The molecule has 3 aromatic rings. The molecular formula is C28H34N4O4. The molecule has 0 unspecified atom stereocenters. The van der Waals surface area contributed by atoms with Crippen molar-refractivity contribution in [2.45, 2.75) is 25.8 Å². The Balaban J connectivity index is 1.67. The summed E-state index contributed by atoms with van der Waals surface area (Å²) in [6.45, 7) is 4.36. The van der Waals surface area contributed by atoms with Crippen molar-refractivity contribution in [3.05, 3.63) is 47.8 Å². The SMILES string of the molecule is C#Cc1ccc2c(c1)Nc1ncnc3cc(OCCOCCOC)c(cc13)OCCCCCN(C)C2. The second-order valence-electron chi connectivity index (χ2n) is 8.78. The van der Waals surface area contributed by atoms with E-state index in [9.17, 15) is 0 Å². The molecule has 2 heterocycles. The van der Waals surface area contributed by atoms with Crippen LogP contribution in [0.3, 0.4) is 0 Å². The number of terminal acetylenes is 1. The van der Waals surface area contributed by atoms with E-state index in [-0.39, 0.29) is 0 Å². The van der Waals surface area contributed by atoms with Gasteiger partial charge in [-0.2, -0.15) is 0 Å². The third-order valence-electron chi connectivity index (χ3n) is 6.03. The zero-order valence-electron chi connectivity index (χ0n) is 21.1. The summed E-state index contributed by atoms with van der Waals surface area (Å²) >= 11 is 0. The molecule has 4 rings (SSSR count). The Morgan fingerprint density at radius 2 is 1.97 bits per heavy atom. The minimum atomic E-state index is 0.399. The summed E-state index contributed by atoms with van der Waals surface area (Å²) < 4.78 is 22.8. The molecular weight excluding hydrogens is 456 g/mol. The molecule has 2 aromatic carbocycles. The van der Waals surface area contributed by atoms with E-state index in [2.05, 4.69) is 39.2 Å². The van der Waals surface area contributed by atoms with Crippen LogP contribution in [0.2, 0.25) is 0 Å². The number of nitrogens with zero attached hydrogens (tertiary/aromatic N) is 3. The maximum atomic E-state index is 6.19. The summed E-state index contributed by atoms with van der Waals surface area (Å²) in [5, 5.41) is 4.36. The van der Waals surface area contributed by atoms with Crippen LogP contribution in [0, 0.1) is 12.3 Å². The maximum Gasteiger partial charge on any atom is 0.163 e. The fraction of sp³-hybridized carbons (Fsp3) is 0.429. The fourth-order valence-corrected chi connectivity index (χ4v) is 4.10. The number of hydrogen-bond acceptors (Lipinski definition) is 8. The summed E-state index contributed by atoms with van der Waals surface area (Å²) in [7, 11) is 3.79. The maximum absolute atomic E-state index is 6.19. The number of anilines is 2. The lowest BCUT2D eigenvalue weighted by Gasteiger charge is -2.20. The Bertz CT molecular complexity index is 1190. The summed E-state index contributed by atoms with van der Waals surface area (Å²) in [4.78, 5) is 11.4. The van der Waals surface area contributed by atoms with E-state index in [1.807, 2.05) is 24.3 Å². The predicted molar refractivity (Wildman–Crippen MR) is 141 cm³/mol. The molecule has 0 fully saturated rings. The van der Waals surface area contributed by atoms with Gasteiger partial charge in [-0.3, -0.25) is 0 Å². The van der Waals surface area contributed by atoms with Crippen LogP contribution < -0.4 is 14.8 Å². The number of rotatable bonds is 7. The summed E-state index contributed by atoms with van der Waals surface area (Å²) in [5.74, 6) is 4.73. The summed E-state index contributed by atoms with van der Waals surface area (Å²) in [5.41, 5.74) is 3.66. The first-order valence-corrected chi connectivity index (χ1v) is 12.3. The van der Waals surface area contributed by atoms with Crippen molar-refractivity contribution < 1.29 is 18.9 Å². The number of hydrogen-bond donors (Lipinski definition) is 1.